The molecule has 0 radical (unpaired) electrons. The molecule has 0 saturated carbocycles. The molecule has 1 heterocycles. The molecule has 1 fully saturated rings. The molecule has 3 amide bonds. The fourth-order valence-corrected chi connectivity index (χ4v) is 2.76. The third-order valence-electron chi connectivity index (χ3n) is 3.26. The van der Waals surface area contributed by atoms with E-state index in [-0.39, 0.29) is 11.7 Å². The van der Waals surface area contributed by atoms with Crippen molar-refractivity contribution >= 4 is 40.6 Å². The number of rotatable bonds is 3. The summed E-state index contributed by atoms with van der Waals surface area (Å²) in [7, 11) is 0. The lowest BCUT2D eigenvalue weighted by Crippen LogP contribution is -2.17. The highest BCUT2D eigenvalue weighted by atomic mass is 32.2. The predicted molar refractivity (Wildman–Crippen MR) is 91.6 cm³/mol. The Kier molecular flexibility index (Phi) is 4.35. The fourth-order valence-electron chi connectivity index (χ4n) is 2.08. The molecule has 2 aromatic carbocycles. The van der Waals surface area contributed by atoms with Gasteiger partial charge in [-0.3, -0.25) is 19.7 Å². The van der Waals surface area contributed by atoms with Crippen LogP contribution in [-0.4, -0.2) is 22.2 Å². The molecule has 120 valence electrons. The number of aromatic hydroxyl groups is 1. The fraction of sp³-hybridized carbons (Fsp3) is 0. The van der Waals surface area contributed by atoms with Gasteiger partial charge < -0.3 is 10.4 Å². The largest absolute Gasteiger partial charge is 0.506 e. The summed E-state index contributed by atoms with van der Waals surface area (Å²) in [4.78, 5) is 35.1. The first-order valence-electron chi connectivity index (χ1n) is 6.97. The third kappa shape index (κ3) is 3.47. The van der Waals surface area contributed by atoms with Crippen LogP contribution in [0, 0.1) is 0 Å². The molecule has 7 heteroatoms. The molecule has 1 saturated heterocycles. The Labute approximate surface area is 141 Å². The zero-order valence-corrected chi connectivity index (χ0v) is 13.1. The first-order chi connectivity index (χ1) is 11.5. The Morgan fingerprint density at radius 2 is 1.79 bits per heavy atom. The number of carbonyl (C=O) groups is 3. The molecule has 0 unspecified atom stereocenters. The number of carbonyl (C=O) groups excluding carboxylic acids is 3. The number of thioether (sulfide) groups is 1. The maximum absolute atomic E-state index is 12.2. The summed E-state index contributed by atoms with van der Waals surface area (Å²) in [6.07, 6.45) is 1.58. The van der Waals surface area contributed by atoms with Gasteiger partial charge in [0.05, 0.1) is 10.6 Å². The number of anilines is 1. The predicted octanol–water partition coefficient (Wildman–Crippen LogP) is 2.97. The lowest BCUT2D eigenvalue weighted by Gasteiger charge is -2.07. The number of phenols is 1. The van der Waals surface area contributed by atoms with Crippen LogP contribution in [0.3, 0.4) is 0 Å². The van der Waals surface area contributed by atoms with Gasteiger partial charge in [-0.15, -0.1) is 0 Å². The zero-order chi connectivity index (χ0) is 17.1. The summed E-state index contributed by atoms with van der Waals surface area (Å²) < 4.78 is 0. The minimum atomic E-state index is -0.425. The Morgan fingerprint density at radius 3 is 2.42 bits per heavy atom. The van der Waals surface area contributed by atoms with Gasteiger partial charge in [-0.05, 0) is 47.7 Å². The molecule has 1 aliphatic rings. The third-order valence-corrected chi connectivity index (χ3v) is 4.08. The minimum Gasteiger partial charge on any atom is -0.506 e. The van der Waals surface area contributed by atoms with E-state index in [9.17, 15) is 19.5 Å². The van der Waals surface area contributed by atoms with E-state index in [1.807, 2.05) is 0 Å². The number of hydrogen-bond donors (Lipinski definition) is 3. The van der Waals surface area contributed by atoms with E-state index in [0.717, 1.165) is 11.8 Å². The van der Waals surface area contributed by atoms with Crippen molar-refractivity contribution in [2.24, 2.45) is 0 Å². The minimum absolute atomic E-state index is 0.0128. The molecule has 3 N–H and O–H groups in total. The van der Waals surface area contributed by atoms with Crippen LogP contribution in [0.5, 0.6) is 5.75 Å². The summed E-state index contributed by atoms with van der Waals surface area (Å²) in [5.41, 5.74) is 1.42. The van der Waals surface area contributed by atoms with Crippen LogP contribution >= 0.6 is 11.8 Å². The standard InChI is InChI=1S/C17H12N2O4S/c20-13-4-2-1-3-12(13)18-15(21)11-7-5-10(6-8-11)9-14-16(22)19-17(23)24-14/h1-9,20H,(H,18,21)(H,19,22,23)/b14-9+. The highest BCUT2D eigenvalue weighted by Gasteiger charge is 2.24. The summed E-state index contributed by atoms with van der Waals surface area (Å²) in [6, 6.07) is 13.0. The van der Waals surface area contributed by atoms with Crippen LogP contribution in [0.1, 0.15) is 15.9 Å². The number of imide groups is 1. The summed E-state index contributed by atoms with van der Waals surface area (Å²) in [5, 5.41) is 14.1. The Morgan fingerprint density at radius 1 is 1.08 bits per heavy atom. The van der Waals surface area contributed by atoms with Crippen LogP contribution < -0.4 is 10.6 Å². The van der Waals surface area contributed by atoms with Gasteiger partial charge in [0.15, 0.2) is 0 Å². The Bertz CT molecular complexity index is 859. The second-order valence-corrected chi connectivity index (χ2v) is 5.96. The molecule has 3 rings (SSSR count). The van der Waals surface area contributed by atoms with Crippen LogP contribution in [0.25, 0.3) is 6.08 Å². The van der Waals surface area contributed by atoms with Crippen molar-refractivity contribution in [1.29, 1.82) is 0 Å². The molecule has 0 aliphatic carbocycles. The highest BCUT2D eigenvalue weighted by Crippen LogP contribution is 2.26. The van der Waals surface area contributed by atoms with Crippen LogP contribution in [0.4, 0.5) is 10.5 Å². The summed E-state index contributed by atoms with van der Waals surface area (Å²) >= 11 is 0.837. The maximum atomic E-state index is 12.2. The van der Waals surface area contributed by atoms with E-state index in [0.29, 0.717) is 21.7 Å². The van der Waals surface area contributed by atoms with Gasteiger partial charge in [0.2, 0.25) is 0 Å². The van der Waals surface area contributed by atoms with Crippen molar-refractivity contribution in [3.8, 4) is 5.75 Å². The van der Waals surface area contributed by atoms with E-state index in [1.54, 1.807) is 48.5 Å². The number of nitrogens with one attached hydrogen (secondary N) is 2. The second-order valence-electron chi connectivity index (χ2n) is 4.95. The molecule has 2 aromatic rings. The molecule has 24 heavy (non-hydrogen) atoms. The number of phenolic OH excluding ortho intramolecular Hbond substituents is 1. The van der Waals surface area contributed by atoms with Crippen LogP contribution in [0.15, 0.2) is 53.4 Å². The molecule has 0 aromatic heterocycles. The normalized spacial score (nSPS) is 15.4. The summed E-state index contributed by atoms with van der Waals surface area (Å²) in [5.74, 6) is -0.800. The number of hydrogen-bond acceptors (Lipinski definition) is 5. The smallest absolute Gasteiger partial charge is 0.290 e. The number of para-hydroxylation sites is 2. The molecular formula is C17H12N2O4S. The van der Waals surface area contributed by atoms with Crippen LogP contribution in [-0.2, 0) is 4.79 Å². The quantitative estimate of drug-likeness (QED) is 0.590. The van der Waals surface area contributed by atoms with Crippen molar-refractivity contribution < 1.29 is 19.5 Å². The van der Waals surface area contributed by atoms with E-state index in [2.05, 4.69) is 10.6 Å². The molecule has 6 nitrogen and oxygen atoms in total. The first kappa shape index (κ1) is 15.8. The van der Waals surface area contributed by atoms with Gasteiger partial charge in [0.25, 0.3) is 17.1 Å². The van der Waals surface area contributed by atoms with Crippen molar-refractivity contribution in [1.82, 2.24) is 5.32 Å². The Hall–Kier alpha value is -3.06. The van der Waals surface area contributed by atoms with Gasteiger partial charge in [-0.2, -0.15) is 0 Å². The number of amides is 3. The second kappa shape index (κ2) is 6.59. The van der Waals surface area contributed by atoms with Crippen molar-refractivity contribution in [3.63, 3.8) is 0 Å². The van der Waals surface area contributed by atoms with Crippen molar-refractivity contribution in [3.05, 3.63) is 64.6 Å². The van der Waals surface area contributed by atoms with E-state index >= 15 is 0 Å². The molecule has 0 atom stereocenters. The van der Waals surface area contributed by atoms with Gasteiger partial charge >= 0.3 is 0 Å². The lowest BCUT2D eigenvalue weighted by atomic mass is 10.1. The van der Waals surface area contributed by atoms with Gasteiger partial charge in [0.1, 0.15) is 5.75 Å². The lowest BCUT2D eigenvalue weighted by molar-refractivity contribution is -0.115. The monoisotopic (exact) mass is 340 g/mol. The first-order valence-corrected chi connectivity index (χ1v) is 7.79. The number of benzene rings is 2. The average molecular weight is 340 g/mol. The highest BCUT2D eigenvalue weighted by molar-refractivity contribution is 8.18. The molecule has 1 aliphatic heterocycles. The zero-order valence-electron chi connectivity index (χ0n) is 12.3. The average Bonchev–Trinajstić information content (AvgIpc) is 2.88. The summed E-state index contributed by atoms with van der Waals surface area (Å²) in [6.45, 7) is 0. The topological polar surface area (TPSA) is 95.5 Å². The molecular weight excluding hydrogens is 328 g/mol. The van der Waals surface area contributed by atoms with E-state index < -0.39 is 11.1 Å². The van der Waals surface area contributed by atoms with Crippen molar-refractivity contribution in [2.45, 2.75) is 0 Å². The van der Waals surface area contributed by atoms with Gasteiger partial charge in [0, 0.05) is 5.56 Å². The van der Waals surface area contributed by atoms with E-state index in [4.69, 9.17) is 0 Å². The van der Waals surface area contributed by atoms with Gasteiger partial charge in [-0.1, -0.05) is 24.3 Å². The van der Waals surface area contributed by atoms with Crippen molar-refractivity contribution in [2.75, 3.05) is 5.32 Å². The molecule has 0 bridgehead atoms. The van der Waals surface area contributed by atoms with Crippen LogP contribution in [0.2, 0.25) is 0 Å². The molecule has 0 spiro atoms. The van der Waals surface area contributed by atoms with Gasteiger partial charge in [-0.25, -0.2) is 0 Å². The Balaban J connectivity index is 1.74. The maximum Gasteiger partial charge on any atom is 0.290 e. The SMILES string of the molecule is O=C1NC(=O)/C(=C\c2ccc(C(=O)Nc3ccccc3O)cc2)S1. The van der Waals surface area contributed by atoms with E-state index in [1.165, 1.54) is 6.07 Å².